The first-order valence-electron chi connectivity index (χ1n) is 9.51. The number of phenolic OH excluding ortho intramolecular Hbond substituents is 1. The summed E-state index contributed by atoms with van der Waals surface area (Å²) < 4.78 is 0. The van der Waals surface area contributed by atoms with Crippen LogP contribution in [0.2, 0.25) is 0 Å². The van der Waals surface area contributed by atoms with Gasteiger partial charge in [0, 0.05) is 29.8 Å². The first-order valence-corrected chi connectivity index (χ1v) is 9.51. The third kappa shape index (κ3) is 4.73. The number of benzene rings is 3. The Kier molecular flexibility index (Phi) is 5.39. The molecule has 0 unspecified atom stereocenters. The zero-order valence-electron chi connectivity index (χ0n) is 16.8. The normalized spacial score (nSPS) is 10.5. The molecule has 4 aromatic rings. The van der Waals surface area contributed by atoms with Gasteiger partial charge in [-0.05, 0) is 48.5 Å². The summed E-state index contributed by atoms with van der Waals surface area (Å²) in [6.45, 7) is 0. The van der Waals surface area contributed by atoms with Crippen molar-refractivity contribution in [2.75, 3.05) is 34.0 Å². The second-order valence-corrected chi connectivity index (χ2v) is 6.83. The van der Waals surface area contributed by atoms with Crippen LogP contribution < -0.4 is 27.0 Å². The van der Waals surface area contributed by atoms with Gasteiger partial charge in [0.15, 0.2) is 0 Å². The number of nitrogen functional groups attached to an aromatic ring is 2. The van der Waals surface area contributed by atoms with Crippen molar-refractivity contribution in [1.29, 1.82) is 0 Å². The van der Waals surface area contributed by atoms with Crippen molar-refractivity contribution in [2.45, 2.75) is 0 Å². The lowest BCUT2D eigenvalue weighted by Crippen LogP contribution is -2.16. The third-order valence-corrected chi connectivity index (χ3v) is 4.45. The van der Waals surface area contributed by atoms with Crippen molar-refractivity contribution in [3.8, 4) is 5.75 Å². The van der Waals surface area contributed by atoms with Gasteiger partial charge in [0.2, 0.25) is 17.8 Å². The Morgan fingerprint density at radius 1 is 0.742 bits per heavy atom. The number of nitrogens with zero attached hydrogens (tertiary/aromatic N) is 4. The molecule has 0 saturated heterocycles. The van der Waals surface area contributed by atoms with Gasteiger partial charge in [-0.2, -0.15) is 15.0 Å². The van der Waals surface area contributed by atoms with Crippen molar-refractivity contribution in [1.82, 2.24) is 15.0 Å². The predicted octanol–water partition coefficient (Wildman–Crippen LogP) is 4.00. The summed E-state index contributed by atoms with van der Waals surface area (Å²) in [4.78, 5) is 15.2. The van der Waals surface area contributed by atoms with Crippen LogP contribution in [-0.4, -0.2) is 27.1 Å². The second-order valence-electron chi connectivity index (χ2n) is 6.83. The topological polar surface area (TPSA) is 138 Å². The fraction of sp³-hybridized carbons (Fsp3) is 0.0455. The molecule has 0 bridgehead atoms. The Bertz CT molecular complexity index is 1150. The van der Waals surface area contributed by atoms with Gasteiger partial charge in [-0.15, -0.1) is 0 Å². The van der Waals surface area contributed by atoms with E-state index in [1.54, 1.807) is 54.4 Å². The molecule has 0 fully saturated rings. The van der Waals surface area contributed by atoms with Crippen LogP contribution in [0.1, 0.15) is 0 Å². The van der Waals surface area contributed by atoms with Crippen LogP contribution in [0.3, 0.4) is 0 Å². The summed E-state index contributed by atoms with van der Waals surface area (Å²) >= 11 is 0. The number of rotatable bonds is 6. The molecule has 0 spiro atoms. The van der Waals surface area contributed by atoms with Crippen LogP contribution in [-0.2, 0) is 0 Å². The summed E-state index contributed by atoms with van der Waals surface area (Å²) in [6.07, 6.45) is 0. The lowest BCUT2D eigenvalue weighted by Gasteiger charge is -2.20. The number of aromatic nitrogens is 3. The first-order chi connectivity index (χ1) is 15.0. The molecule has 9 nitrogen and oxygen atoms in total. The van der Waals surface area contributed by atoms with E-state index in [2.05, 4.69) is 25.6 Å². The van der Waals surface area contributed by atoms with Crippen molar-refractivity contribution in [3.63, 3.8) is 0 Å². The van der Waals surface area contributed by atoms with Crippen molar-refractivity contribution in [3.05, 3.63) is 72.8 Å². The predicted molar refractivity (Wildman–Crippen MR) is 124 cm³/mol. The SMILES string of the molecule is CN(c1nc(Nc2cccc(N)c2)nc(Nc2cccc(N)c2)n1)c1ccccc1O. The number of anilines is 8. The molecule has 0 aliphatic rings. The molecule has 0 atom stereocenters. The van der Waals surface area contributed by atoms with Crippen molar-refractivity contribution < 1.29 is 5.11 Å². The molecule has 4 rings (SSSR count). The number of phenols is 1. The lowest BCUT2D eigenvalue weighted by atomic mass is 10.3. The van der Waals surface area contributed by atoms with Crippen LogP contribution in [0.15, 0.2) is 72.8 Å². The molecule has 3 aromatic carbocycles. The number of hydrogen-bond donors (Lipinski definition) is 5. The average molecular weight is 414 g/mol. The van der Waals surface area contributed by atoms with Gasteiger partial charge in [0.05, 0.1) is 5.69 Å². The van der Waals surface area contributed by atoms with Gasteiger partial charge in [-0.3, -0.25) is 0 Å². The van der Waals surface area contributed by atoms with E-state index in [4.69, 9.17) is 11.5 Å². The molecule has 0 amide bonds. The van der Waals surface area contributed by atoms with Gasteiger partial charge in [0.1, 0.15) is 5.75 Å². The molecule has 156 valence electrons. The maximum absolute atomic E-state index is 10.2. The van der Waals surface area contributed by atoms with E-state index in [-0.39, 0.29) is 5.75 Å². The lowest BCUT2D eigenvalue weighted by molar-refractivity contribution is 0.476. The minimum atomic E-state index is 0.112. The molecule has 31 heavy (non-hydrogen) atoms. The van der Waals surface area contributed by atoms with Crippen molar-refractivity contribution in [2.24, 2.45) is 0 Å². The van der Waals surface area contributed by atoms with E-state index in [9.17, 15) is 5.11 Å². The number of aromatic hydroxyl groups is 1. The molecule has 0 aliphatic carbocycles. The maximum Gasteiger partial charge on any atom is 0.236 e. The quantitative estimate of drug-likeness (QED) is 0.296. The fourth-order valence-electron chi connectivity index (χ4n) is 2.97. The van der Waals surface area contributed by atoms with E-state index >= 15 is 0 Å². The largest absolute Gasteiger partial charge is 0.506 e. The molecule has 0 aliphatic heterocycles. The molecule has 7 N–H and O–H groups in total. The van der Waals surface area contributed by atoms with E-state index in [1.807, 2.05) is 30.3 Å². The van der Waals surface area contributed by atoms with Crippen LogP contribution >= 0.6 is 0 Å². The summed E-state index contributed by atoms with van der Waals surface area (Å²) in [5.74, 6) is 1.06. The van der Waals surface area contributed by atoms with Gasteiger partial charge in [-0.1, -0.05) is 24.3 Å². The Morgan fingerprint density at radius 2 is 1.29 bits per heavy atom. The maximum atomic E-state index is 10.2. The van der Waals surface area contributed by atoms with Gasteiger partial charge in [-0.25, -0.2) is 0 Å². The highest BCUT2D eigenvalue weighted by atomic mass is 16.3. The summed E-state index contributed by atoms with van der Waals surface area (Å²) in [6, 6.07) is 21.5. The molecule has 0 saturated carbocycles. The Labute approximate surface area is 179 Å². The van der Waals surface area contributed by atoms with Crippen LogP contribution in [0, 0.1) is 0 Å². The van der Waals surface area contributed by atoms with Crippen molar-refractivity contribution >= 4 is 46.3 Å². The van der Waals surface area contributed by atoms with Gasteiger partial charge >= 0.3 is 0 Å². The fourth-order valence-corrected chi connectivity index (χ4v) is 2.97. The average Bonchev–Trinajstić information content (AvgIpc) is 2.73. The zero-order valence-corrected chi connectivity index (χ0v) is 16.8. The number of nitrogens with one attached hydrogen (secondary N) is 2. The van der Waals surface area contributed by atoms with E-state index in [0.29, 0.717) is 34.9 Å². The first kappa shape index (κ1) is 19.8. The standard InChI is InChI=1S/C22H22N8O/c1-30(18-10-2-3-11-19(18)31)22-28-20(25-16-8-4-6-14(23)12-16)27-21(29-22)26-17-9-5-7-15(24)13-17/h2-13,31H,23-24H2,1H3,(H2,25,26,27,28,29). The molecule has 0 radical (unpaired) electrons. The smallest absolute Gasteiger partial charge is 0.236 e. The number of nitrogens with two attached hydrogens (primary N) is 2. The Hall–Kier alpha value is -4.53. The van der Waals surface area contributed by atoms with Gasteiger partial charge in [0.25, 0.3) is 0 Å². The van der Waals surface area contributed by atoms with Crippen LogP contribution in [0.5, 0.6) is 5.75 Å². The monoisotopic (exact) mass is 414 g/mol. The number of hydrogen-bond acceptors (Lipinski definition) is 9. The highest BCUT2D eigenvalue weighted by molar-refractivity contribution is 5.68. The van der Waals surface area contributed by atoms with E-state index in [0.717, 1.165) is 11.4 Å². The minimum Gasteiger partial charge on any atom is -0.506 e. The van der Waals surface area contributed by atoms with E-state index < -0.39 is 0 Å². The van der Waals surface area contributed by atoms with Crippen LogP contribution in [0.4, 0.5) is 46.3 Å². The highest BCUT2D eigenvalue weighted by Gasteiger charge is 2.15. The summed E-state index contributed by atoms with van der Waals surface area (Å²) in [7, 11) is 1.76. The van der Waals surface area contributed by atoms with E-state index in [1.165, 1.54) is 0 Å². The molecule has 1 heterocycles. The Balaban J connectivity index is 1.73. The molecular formula is C22H22N8O. The summed E-state index contributed by atoms with van der Waals surface area (Å²) in [5.41, 5.74) is 15.0. The third-order valence-electron chi connectivity index (χ3n) is 4.45. The molecule has 1 aromatic heterocycles. The van der Waals surface area contributed by atoms with Crippen LogP contribution in [0.25, 0.3) is 0 Å². The second kappa shape index (κ2) is 8.46. The molecular weight excluding hydrogens is 392 g/mol. The number of para-hydroxylation sites is 2. The summed E-state index contributed by atoms with van der Waals surface area (Å²) in [5, 5.41) is 16.5. The Morgan fingerprint density at radius 3 is 1.81 bits per heavy atom. The highest BCUT2D eigenvalue weighted by Crippen LogP contribution is 2.31. The molecule has 9 heteroatoms. The zero-order chi connectivity index (χ0) is 21.8. The minimum absolute atomic E-state index is 0.112. The van der Waals surface area contributed by atoms with Gasteiger partial charge < -0.3 is 32.1 Å².